The standard InChI is InChI=1S/C15H11.3ClH.Hf/c1-2-6-12(7-3-1)15-10-13-8-4-5-9-14(13)11-15;;;;/h1-11H;3*1H;/q-1;;;;+4/p-3. The van der Waals surface area contributed by atoms with Crippen molar-refractivity contribution in [3.8, 4) is 11.1 Å². The average Bonchev–Trinajstić information content (AvgIpc) is 2.74. The van der Waals surface area contributed by atoms with Gasteiger partial charge in [-0.3, -0.25) is 0 Å². The van der Waals surface area contributed by atoms with E-state index < -0.39 is 0 Å². The van der Waals surface area contributed by atoms with Crippen molar-refractivity contribution in [2.75, 3.05) is 0 Å². The summed E-state index contributed by atoms with van der Waals surface area (Å²) in [7, 11) is 0. The summed E-state index contributed by atoms with van der Waals surface area (Å²) < 4.78 is 0. The van der Waals surface area contributed by atoms with Gasteiger partial charge in [0, 0.05) is 0 Å². The fraction of sp³-hybridized carbons (Fsp3) is 0. The van der Waals surface area contributed by atoms with Crippen molar-refractivity contribution in [1.82, 2.24) is 0 Å². The van der Waals surface area contributed by atoms with Gasteiger partial charge in [-0.25, -0.2) is 0 Å². The van der Waals surface area contributed by atoms with Gasteiger partial charge in [-0.1, -0.05) is 54.1 Å². The summed E-state index contributed by atoms with van der Waals surface area (Å²) in [6.45, 7) is 0. The smallest absolute Gasteiger partial charge is 1.00 e. The zero-order chi connectivity index (χ0) is 10.1. The van der Waals surface area contributed by atoms with E-state index in [0.717, 1.165) is 0 Å². The Morgan fingerprint density at radius 3 is 1.89 bits per heavy atom. The predicted octanol–water partition coefficient (Wildman–Crippen LogP) is -4.76. The Balaban J connectivity index is 0. The van der Waals surface area contributed by atoms with Crippen LogP contribution < -0.4 is 37.2 Å². The van der Waals surface area contributed by atoms with E-state index in [1.54, 1.807) is 0 Å². The predicted molar refractivity (Wildman–Crippen MR) is 65.0 cm³/mol. The second kappa shape index (κ2) is 9.66. The molecule has 0 amide bonds. The van der Waals surface area contributed by atoms with E-state index in [-0.39, 0.29) is 63.1 Å². The van der Waals surface area contributed by atoms with Crippen molar-refractivity contribution in [2.45, 2.75) is 0 Å². The molecule has 0 saturated heterocycles. The van der Waals surface area contributed by atoms with Gasteiger partial charge < -0.3 is 37.2 Å². The van der Waals surface area contributed by atoms with Crippen molar-refractivity contribution in [3.05, 3.63) is 66.7 Å². The molecule has 0 spiro atoms. The first-order valence-corrected chi connectivity index (χ1v) is 5.14. The third-order valence-corrected chi connectivity index (χ3v) is 2.73. The number of hydrogen-bond acceptors (Lipinski definition) is 0. The molecule has 0 aliphatic heterocycles. The largest absolute Gasteiger partial charge is 4.00 e. The zero-order valence-corrected chi connectivity index (χ0v) is 15.8. The number of benzene rings is 2. The Morgan fingerprint density at radius 1 is 0.684 bits per heavy atom. The van der Waals surface area contributed by atoms with Crippen LogP contribution in [0.3, 0.4) is 0 Å². The minimum absolute atomic E-state index is 0. The van der Waals surface area contributed by atoms with E-state index in [4.69, 9.17) is 0 Å². The molecule has 0 radical (unpaired) electrons. The van der Waals surface area contributed by atoms with Crippen LogP contribution in [0.15, 0.2) is 66.7 Å². The fourth-order valence-electron chi connectivity index (χ4n) is 1.95. The Morgan fingerprint density at radius 2 is 1.26 bits per heavy atom. The molecule has 0 atom stereocenters. The quantitative estimate of drug-likeness (QED) is 0.245. The second-order valence-corrected chi connectivity index (χ2v) is 3.74. The SMILES string of the molecule is [Cl-].[Cl-].[Cl-].[Hf+4].c1ccc(-c2cc3ccccc3[cH-]2)cc1. The molecule has 96 valence electrons. The maximum Gasteiger partial charge on any atom is 4.00 e. The van der Waals surface area contributed by atoms with Gasteiger partial charge in [0.15, 0.2) is 0 Å². The van der Waals surface area contributed by atoms with Crippen LogP contribution in [0.1, 0.15) is 0 Å². The van der Waals surface area contributed by atoms with Gasteiger partial charge in [0.2, 0.25) is 0 Å². The Bertz CT molecular complexity index is 557. The van der Waals surface area contributed by atoms with Gasteiger partial charge >= 0.3 is 25.8 Å². The van der Waals surface area contributed by atoms with Gasteiger partial charge in [0.05, 0.1) is 0 Å². The zero-order valence-electron chi connectivity index (χ0n) is 9.98. The first kappa shape index (κ1) is 21.1. The number of hydrogen-bond donors (Lipinski definition) is 0. The maximum atomic E-state index is 2.24. The Labute approximate surface area is 151 Å². The van der Waals surface area contributed by atoms with Crippen molar-refractivity contribution < 1.29 is 63.1 Å². The van der Waals surface area contributed by atoms with Crippen molar-refractivity contribution >= 4 is 10.8 Å². The fourth-order valence-corrected chi connectivity index (χ4v) is 1.95. The summed E-state index contributed by atoms with van der Waals surface area (Å²) in [5, 5.41) is 2.63. The minimum atomic E-state index is 0. The van der Waals surface area contributed by atoms with E-state index in [2.05, 4.69) is 60.7 Å². The summed E-state index contributed by atoms with van der Waals surface area (Å²) in [6, 6.07) is 23.4. The summed E-state index contributed by atoms with van der Waals surface area (Å²) >= 11 is 0. The van der Waals surface area contributed by atoms with Crippen LogP contribution in [-0.4, -0.2) is 0 Å². The van der Waals surface area contributed by atoms with E-state index in [9.17, 15) is 0 Å². The topological polar surface area (TPSA) is 0 Å². The molecule has 0 unspecified atom stereocenters. The summed E-state index contributed by atoms with van der Waals surface area (Å²) in [5.41, 5.74) is 2.59. The van der Waals surface area contributed by atoms with Crippen LogP contribution in [0.25, 0.3) is 21.9 Å². The van der Waals surface area contributed by atoms with Crippen LogP contribution in [0, 0.1) is 0 Å². The molecule has 0 fully saturated rings. The van der Waals surface area contributed by atoms with Crippen LogP contribution in [0.5, 0.6) is 0 Å². The minimum Gasteiger partial charge on any atom is -1.00 e. The van der Waals surface area contributed by atoms with Gasteiger partial charge in [-0.05, 0) is 0 Å². The molecule has 0 nitrogen and oxygen atoms in total. The van der Waals surface area contributed by atoms with Gasteiger partial charge in [-0.15, -0.1) is 34.5 Å². The monoisotopic (exact) mass is 476 g/mol. The second-order valence-electron chi connectivity index (χ2n) is 3.74. The summed E-state index contributed by atoms with van der Waals surface area (Å²) in [6.07, 6.45) is 0. The first-order chi connectivity index (χ1) is 7.43. The molecule has 3 rings (SSSR count). The van der Waals surface area contributed by atoms with E-state index >= 15 is 0 Å². The molecule has 3 aromatic rings. The molecule has 0 bridgehead atoms. The maximum absolute atomic E-state index is 2.24. The molecule has 4 heteroatoms. The van der Waals surface area contributed by atoms with E-state index in [0.29, 0.717) is 0 Å². The van der Waals surface area contributed by atoms with Gasteiger partial charge in [-0.2, -0.15) is 0 Å². The van der Waals surface area contributed by atoms with Crippen LogP contribution in [-0.2, 0) is 25.8 Å². The van der Waals surface area contributed by atoms with E-state index in [1.807, 2.05) is 6.07 Å². The normalized spacial score (nSPS) is 8.42. The molecular formula is C15H11Cl3Hf. The average molecular weight is 476 g/mol. The van der Waals surface area contributed by atoms with Crippen LogP contribution >= 0.6 is 0 Å². The molecule has 19 heavy (non-hydrogen) atoms. The molecule has 0 aliphatic rings. The molecule has 0 saturated carbocycles. The third-order valence-electron chi connectivity index (χ3n) is 2.73. The van der Waals surface area contributed by atoms with Gasteiger partial charge in [0.1, 0.15) is 0 Å². The first-order valence-electron chi connectivity index (χ1n) is 5.14. The summed E-state index contributed by atoms with van der Waals surface area (Å²) in [4.78, 5) is 0. The third kappa shape index (κ3) is 4.68. The Hall–Kier alpha value is -0.210. The van der Waals surface area contributed by atoms with E-state index in [1.165, 1.54) is 21.9 Å². The van der Waals surface area contributed by atoms with Crippen molar-refractivity contribution in [3.63, 3.8) is 0 Å². The van der Waals surface area contributed by atoms with Gasteiger partial charge in [0.25, 0.3) is 0 Å². The molecular weight excluding hydrogens is 465 g/mol. The molecule has 0 aromatic heterocycles. The molecule has 0 aliphatic carbocycles. The van der Waals surface area contributed by atoms with Crippen molar-refractivity contribution in [2.24, 2.45) is 0 Å². The molecule has 3 aromatic carbocycles. The Kier molecular flexibility index (Phi) is 10.7. The number of rotatable bonds is 1. The van der Waals surface area contributed by atoms with Crippen LogP contribution in [0.4, 0.5) is 0 Å². The molecule has 0 heterocycles. The number of halogens is 3. The summed E-state index contributed by atoms with van der Waals surface area (Å²) in [5.74, 6) is 0. The van der Waals surface area contributed by atoms with Crippen molar-refractivity contribution in [1.29, 1.82) is 0 Å². The number of fused-ring (bicyclic) bond motifs is 1. The molecule has 0 N–H and O–H groups in total. The van der Waals surface area contributed by atoms with Crippen LogP contribution in [0.2, 0.25) is 0 Å².